The van der Waals surface area contributed by atoms with Crippen LogP contribution in [0, 0.1) is 0 Å². The maximum atomic E-state index is 13.7. The number of benzene rings is 3. The number of aliphatic carboxylic acids is 1. The van der Waals surface area contributed by atoms with Crippen LogP contribution < -0.4 is 9.47 Å². The van der Waals surface area contributed by atoms with Crippen molar-refractivity contribution in [3.05, 3.63) is 89.0 Å². The summed E-state index contributed by atoms with van der Waals surface area (Å²) in [6.07, 6.45) is 0.123. The van der Waals surface area contributed by atoms with Crippen molar-refractivity contribution in [3.8, 4) is 11.5 Å². The Balaban J connectivity index is 1.83. The minimum atomic E-state index is -1.19. The lowest BCUT2D eigenvalue weighted by Crippen LogP contribution is -2.14. The first kappa shape index (κ1) is 24.1. The number of ether oxygens (including phenoxy) is 2. The Morgan fingerprint density at radius 3 is 2.14 bits per heavy atom. The normalized spacial score (nSPS) is 11.9. The number of allylic oxidation sites excluding steroid dienone is 1. The lowest BCUT2D eigenvalue weighted by atomic mass is 9.89. The van der Waals surface area contributed by atoms with Gasteiger partial charge in [0.2, 0.25) is 0 Å². The summed E-state index contributed by atoms with van der Waals surface area (Å²) < 4.78 is 19.3. The minimum absolute atomic E-state index is 0.00388. The molecule has 35 heavy (non-hydrogen) atoms. The Kier molecular flexibility index (Phi) is 7.22. The summed E-state index contributed by atoms with van der Waals surface area (Å²) in [4.78, 5) is 26.3. The minimum Gasteiger partial charge on any atom is -0.497 e. The van der Waals surface area contributed by atoms with Crippen LogP contribution in [0.4, 0.5) is 0 Å². The second kappa shape index (κ2) is 10.5. The number of carbonyl (C=O) groups is 2. The zero-order valence-electron chi connectivity index (χ0n) is 19.5. The molecule has 3 aromatic carbocycles. The molecular formula is C27H24N2O5S. The average molecular weight is 489 g/mol. The van der Waals surface area contributed by atoms with Crippen LogP contribution in [0.15, 0.2) is 72.3 Å². The number of carboxylic acids is 1. The maximum Gasteiger partial charge on any atom is 0.336 e. The summed E-state index contributed by atoms with van der Waals surface area (Å²) in [5, 5.41) is 10.2. The number of hydrogen-bond donors (Lipinski definition) is 1. The molecule has 0 saturated carbocycles. The highest BCUT2D eigenvalue weighted by atomic mass is 32.1. The highest BCUT2D eigenvalue weighted by Crippen LogP contribution is 2.29. The van der Waals surface area contributed by atoms with Gasteiger partial charge < -0.3 is 14.6 Å². The van der Waals surface area contributed by atoms with Gasteiger partial charge in [-0.05, 0) is 73.5 Å². The topological polar surface area (TPSA) is 98.6 Å². The monoisotopic (exact) mass is 488 g/mol. The Morgan fingerprint density at radius 2 is 1.51 bits per heavy atom. The molecule has 0 radical (unpaired) electrons. The van der Waals surface area contributed by atoms with Crippen molar-refractivity contribution in [3.63, 3.8) is 0 Å². The highest BCUT2D eigenvalue weighted by Gasteiger charge is 2.24. The molecule has 0 atom stereocenters. The molecule has 0 unspecified atom stereocenters. The van der Waals surface area contributed by atoms with E-state index in [0.717, 1.165) is 17.3 Å². The first-order valence-electron chi connectivity index (χ1n) is 11.0. The molecule has 1 N–H and O–H groups in total. The predicted molar refractivity (Wildman–Crippen MR) is 135 cm³/mol. The molecular weight excluding hydrogens is 464 g/mol. The number of fused-ring (bicyclic) bond motifs is 1. The Morgan fingerprint density at radius 1 is 0.886 bits per heavy atom. The second-order valence-electron chi connectivity index (χ2n) is 8.17. The fourth-order valence-corrected chi connectivity index (χ4v) is 4.24. The molecule has 7 nitrogen and oxygen atoms in total. The zero-order chi connectivity index (χ0) is 24.9. The van der Waals surface area contributed by atoms with E-state index in [1.54, 1.807) is 61.7 Å². The van der Waals surface area contributed by atoms with Crippen molar-refractivity contribution in [2.75, 3.05) is 7.11 Å². The molecule has 0 amide bonds. The molecule has 8 heteroatoms. The first-order valence-corrected chi connectivity index (χ1v) is 11.7. The molecule has 0 fully saturated rings. The van der Waals surface area contributed by atoms with Crippen molar-refractivity contribution >= 4 is 40.1 Å². The molecule has 0 saturated heterocycles. The summed E-state index contributed by atoms with van der Waals surface area (Å²) >= 11 is 1.05. The fraction of sp³-hybridized carbons (Fsp3) is 0.185. The van der Waals surface area contributed by atoms with Crippen LogP contribution in [-0.2, 0) is 11.2 Å². The smallest absolute Gasteiger partial charge is 0.336 e. The molecule has 0 aliphatic heterocycles. The molecule has 0 aliphatic carbocycles. The summed E-state index contributed by atoms with van der Waals surface area (Å²) in [5.41, 5.74) is 2.91. The van der Waals surface area contributed by atoms with Crippen LogP contribution in [-0.4, -0.2) is 38.8 Å². The third-order valence-electron chi connectivity index (χ3n) is 5.36. The lowest BCUT2D eigenvalue weighted by molar-refractivity contribution is -0.130. The van der Waals surface area contributed by atoms with Crippen LogP contribution >= 0.6 is 11.7 Å². The van der Waals surface area contributed by atoms with E-state index in [0.29, 0.717) is 33.7 Å². The zero-order valence-corrected chi connectivity index (χ0v) is 20.3. The first-order chi connectivity index (χ1) is 16.9. The van der Waals surface area contributed by atoms with E-state index in [1.165, 1.54) is 0 Å². The van der Waals surface area contributed by atoms with Crippen molar-refractivity contribution in [1.29, 1.82) is 0 Å². The van der Waals surface area contributed by atoms with Crippen LogP contribution in [0.2, 0.25) is 0 Å². The van der Waals surface area contributed by atoms with Gasteiger partial charge in [-0.25, -0.2) is 4.79 Å². The van der Waals surface area contributed by atoms with Crippen LogP contribution in [0.1, 0.15) is 35.3 Å². The predicted octanol–water partition coefficient (Wildman–Crippen LogP) is 5.45. The summed E-state index contributed by atoms with van der Waals surface area (Å²) in [5.74, 6) is -0.251. The van der Waals surface area contributed by atoms with E-state index in [2.05, 4.69) is 8.75 Å². The van der Waals surface area contributed by atoms with Crippen molar-refractivity contribution in [2.24, 2.45) is 0 Å². The number of nitrogens with zero attached hydrogens (tertiary/aromatic N) is 2. The number of carbonyl (C=O) groups excluding carboxylic acids is 1. The fourth-order valence-electron chi connectivity index (χ4n) is 3.73. The number of carboxylic acid groups (broad SMARTS) is 1. The largest absolute Gasteiger partial charge is 0.497 e. The van der Waals surface area contributed by atoms with Gasteiger partial charge >= 0.3 is 5.97 Å². The Hall–Kier alpha value is -4.04. The van der Waals surface area contributed by atoms with Gasteiger partial charge in [0.05, 0.1) is 30.5 Å². The number of hydrogen-bond acceptors (Lipinski definition) is 7. The van der Waals surface area contributed by atoms with Crippen LogP contribution in [0.3, 0.4) is 0 Å². The lowest BCUT2D eigenvalue weighted by Gasteiger charge is -2.14. The van der Waals surface area contributed by atoms with Crippen molar-refractivity contribution < 1.29 is 24.2 Å². The third-order valence-corrected chi connectivity index (χ3v) is 5.92. The Labute approximate surface area is 207 Å². The van der Waals surface area contributed by atoms with Gasteiger partial charge in [0.15, 0.2) is 5.78 Å². The van der Waals surface area contributed by atoms with Gasteiger partial charge in [0.1, 0.15) is 22.5 Å². The van der Waals surface area contributed by atoms with Gasteiger partial charge in [-0.1, -0.05) is 18.2 Å². The van der Waals surface area contributed by atoms with Gasteiger partial charge in [0, 0.05) is 17.6 Å². The summed E-state index contributed by atoms with van der Waals surface area (Å²) in [6.45, 7) is 3.84. The van der Waals surface area contributed by atoms with E-state index in [4.69, 9.17) is 9.47 Å². The molecule has 0 spiro atoms. The van der Waals surface area contributed by atoms with Crippen LogP contribution in [0.25, 0.3) is 16.6 Å². The van der Waals surface area contributed by atoms with Gasteiger partial charge in [-0.15, -0.1) is 0 Å². The SMILES string of the molecule is COc1ccc(CC(C(=O)c2ccc(OC(C)C)cc2)=C(C(=O)O)c2ccc3nsnc3c2)cc1. The van der Waals surface area contributed by atoms with E-state index >= 15 is 0 Å². The molecule has 0 aliphatic rings. The highest BCUT2D eigenvalue weighted by molar-refractivity contribution is 7.00. The molecule has 1 heterocycles. The number of ketones is 1. The standard InChI is InChI=1S/C27H24N2O5S/c1-16(2)34-21-11-6-18(7-12-21)26(30)22(14-17-4-9-20(33-3)10-5-17)25(27(31)32)19-8-13-23-24(15-19)29-35-28-23/h4-13,15-16H,14H2,1-3H3,(H,31,32). The van der Waals surface area contributed by atoms with Gasteiger partial charge in [-0.2, -0.15) is 8.75 Å². The molecule has 0 bridgehead atoms. The van der Waals surface area contributed by atoms with E-state index in [1.807, 2.05) is 26.0 Å². The molecule has 4 aromatic rings. The summed E-state index contributed by atoms with van der Waals surface area (Å²) in [7, 11) is 1.57. The maximum absolute atomic E-state index is 13.7. The number of rotatable bonds is 9. The molecule has 1 aromatic heterocycles. The summed E-state index contributed by atoms with van der Waals surface area (Å²) in [6, 6.07) is 19.0. The average Bonchev–Trinajstić information content (AvgIpc) is 3.31. The number of methoxy groups -OCH3 is 1. The van der Waals surface area contributed by atoms with E-state index < -0.39 is 5.97 Å². The van der Waals surface area contributed by atoms with Gasteiger partial charge in [0.25, 0.3) is 0 Å². The van der Waals surface area contributed by atoms with Gasteiger partial charge in [-0.3, -0.25) is 4.79 Å². The third kappa shape index (κ3) is 5.55. The van der Waals surface area contributed by atoms with Crippen molar-refractivity contribution in [1.82, 2.24) is 8.75 Å². The molecule has 4 rings (SSSR count). The Bertz CT molecular complexity index is 1390. The van der Waals surface area contributed by atoms with E-state index in [-0.39, 0.29) is 29.5 Å². The molecule has 178 valence electrons. The van der Waals surface area contributed by atoms with Crippen molar-refractivity contribution in [2.45, 2.75) is 26.4 Å². The number of Topliss-reactive ketones (excluding diaryl/α,β-unsaturated/α-hetero) is 1. The number of aromatic nitrogens is 2. The quantitative estimate of drug-likeness (QED) is 0.247. The second-order valence-corrected chi connectivity index (χ2v) is 8.70. The van der Waals surface area contributed by atoms with E-state index in [9.17, 15) is 14.7 Å². The van der Waals surface area contributed by atoms with Crippen LogP contribution in [0.5, 0.6) is 11.5 Å².